The number of hydrogen-bond acceptors (Lipinski definition) is 3. The molecule has 0 saturated heterocycles. The smallest absolute Gasteiger partial charge is 0.261 e. The maximum atomic E-state index is 12.0. The molecule has 1 heterocycles. The van der Waals surface area contributed by atoms with Crippen LogP contribution in [0.4, 0.5) is 0 Å². The first-order valence-corrected chi connectivity index (χ1v) is 6.40. The fourth-order valence-electron chi connectivity index (χ4n) is 1.68. The third-order valence-corrected chi connectivity index (χ3v) is 3.48. The molecule has 0 fully saturated rings. The molecule has 0 unspecified atom stereocenters. The van der Waals surface area contributed by atoms with Crippen LogP contribution in [0, 0.1) is 0 Å². The first-order valence-electron chi connectivity index (χ1n) is 4.98. The van der Waals surface area contributed by atoms with Crippen molar-refractivity contribution in [2.75, 3.05) is 12.3 Å². The van der Waals surface area contributed by atoms with Gasteiger partial charge in [-0.3, -0.25) is 14.5 Å². The molecule has 0 bridgehead atoms. The topological polar surface area (TPSA) is 37.4 Å². The second-order valence-electron chi connectivity index (χ2n) is 3.79. The number of nitrogens with zero attached hydrogens (tertiary/aromatic N) is 1. The number of halogens is 1. The van der Waals surface area contributed by atoms with Crippen LogP contribution in [0.25, 0.3) is 0 Å². The molecule has 0 N–H and O–H groups in total. The predicted molar refractivity (Wildman–Crippen MR) is 72.5 cm³/mol. The van der Waals surface area contributed by atoms with E-state index in [2.05, 4.69) is 35.1 Å². The Morgan fingerprint density at radius 1 is 1.29 bits per heavy atom. The molecule has 2 rings (SSSR count). The molecule has 88 valence electrons. The van der Waals surface area contributed by atoms with Gasteiger partial charge in [0.15, 0.2) is 0 Å². The van der Waals surface area contributed by atoms with Crippen molar-refractivity contribution in [2.45, 2.75) is 0 Å². The first-order chi connectivity index (χ1) is 8.04. The second-order valence-corrected chi connectivity index (χ2v) is 5.03. The summed E-state index contributed by atoms with van der Waals surface area (Å²) < 4.78 is 0.785. The highest BCUT2D eigenvalue weighted by Gasteiger charge is 2.35. The SMILES string of the molecule is C=C(CS)CN1C(=O)c2ccc(Br)cc2C1=O. The fraction of sp³-hybridized carbons (Fsp3) is 0.167. The minimum Gasteiger partial charge on any atom is -0.270 e. The maximum Gasteiger partial charge on any atom is 0.261 e. The van der Waals surface area contributed by atoms with Crippen molar-refractivity contribution in [3.63, 3.8) is 0 Å². The largest absolute Gasteiger partial charge is 0.270 e. The van der Waals surface area contributed by atoms with E-state index in [9.17, 15) is 9.59 Å². The van der Waals surface area contributed by atoms with Gasteiger partial charge in [-0.05, 0) is 23.8 Å². The molecular weight excluding hydrogens is 302 g/mol. The van der Waals surface area contributed by atoms with Crippen LogP contribution in [-0.4, -0.2) is 29.0 Å². The molecule has 0 aliphatic carbocycles. The Labute approximate surface area is 113 Å². The average molecular weight is 312 g/mol. The highest BCUT2D eigenvalue weighted by molar-refractivity contribution is 9.10. The molecule has 1 aliphatic heterocycles. The lowest BCUT2D eigenvalue weighted by Gasteiger charge is -2.14. The predicted octanol–water partition coefficient (Wildman–Crippen LogP) is 2.53. The van der Waals surface area contributed by atoms with Crippen LogP contribution in [0.3, 0.4) is 0 Å². The van der Waals surface area contributed by atoms with Crippen molar-refractivity contribution in [3.8, 4) is 0 Å². The van der Waals surface area contributed by atoms with Gasteiger partial charge in [0.05, 0.1) is 17.7 Å². The maximum absolute atomic E-state index is 12.0. The second kappa shape index (κ2) is 4.66. The molecule has 3 nitrogen and oxygen atoms in total. The zero-order chi connectivity index (χ0) is 12.6. The molecular formula is C12H10BrNO2S. The number of rotatable bonds is 3. The quantitative estimate of drug-likeness (QED) is 0.529. The summed E-state index contributed by atoms with van der Waals surface area (Å²) in [5.41, 5.74) is 1.63. The van der Waals surface area contributed by atoms with Crippen molar-refractivity contribution in [1.29, 1.82) is 0 Å². The number of carbonyl (C=O) groups is 2. The molecule has 2 amide bonds. The van der Waals surface area contributed by atoms with Crippen LogP contribution in [0.2, 0.25) is 0 Å². The average Bonchev–Trinajstić information content (AvgIpc) is 2.54. The number of thiol groups is 1. The van der Waals surface area contributed by atoms with Crippen molar-refractivity contribution in [1.82, 2.24) is 4.90 Å². The highest BCUT2D eigenvalue weighted by Crippen LogP contribution is 2.26. The van der Waals surface area contributed by atoms with E-state index in [1.807, 2.05) is 0 Å². The lowest BCUT2D eigenvalue weighted by atomic mass is 10.1. The summed E-state index contributed by atoms with van der Waals surface area (Å²) in [5.74, 6) is -0.0773. The molecule has 17 heavy (non-hydrogen) atoms. The number of benzene rings is 1. The first kappa shape index (κ1) is 12.4. The van der Waals surface area contributed by atoms with Crippen LogP contribution >= 0.6 is 28.6 Å². The molecule has 0 saturated carbocycles. The number of carbonyl (C=O) groups excluding carboxylic acids is 2. The van der Waals surface area contributed by atoms with Gasteiger partial charge in [0, 0.05) is 10.2 Å². The van der Waals surface area contributed by atoms with Gasteiger partial charge >= 0.3 is 0 Å². The van der Waals surface area contributed by atoms with Crippen molar-refractivity contribution < 1.29 is 9.59 Å². The number of fused-ring (bicyclic) bond motifs is 1. The van der Waals surface area contributed by atoms with E-state index in [0.717, 1.165) is 10.0 Å². The van der Waals surface area contributed by atoms with E-state index in [1.165, 1.54) is 4.90 Å². The van der Waals surface area contributed by atoms with Gasteiger partial charge in [-0.25, -0.2) is 0 Å². The highest BCUT2D eigenvalue weighted by atomic mass is 79.9. The van der Waals surface area contributed by atoms with Crippen molar-refractivity contribution in [3.05, 3.63) is 46.0 Å². The monoisotopic (exact) mass is 311 g/mol. The Morgan fingerprint density at radius 2 is 1.94 bits per heavy atom. The van der Waals surface area contributed by atoms with Gasteiger partial charge in [0.25, 0.3) is 11.8 Å². The Balaban J connectivity index is 2.35. The standard InChI is InChI=1S/C12H10BrNO2S/c1-7(6-17)5-14-11(15)9-3-2-8(13)4-10(9)12(14)16/h2-4,17H,1,5-6H2. The molecule has 1 aliphatic rings. The van der Waals surface area contributed by atoms with Gasteiger partial charge in [0.1, 0.15) is 0 Å². The number of imide groups is 1. The Bertz CT molecular complexity index is 527. The Kier molecular flexibility index (Phi) is 3.40. The minimum atomic E-state index is -0.269. The van der Waals surface area contributed by atoms with Gasteiger partial charge in [-0.2, -0.15) is 12.6 Å². The van der Waals surface area contributed by atoms with Crippen LogP contribution < -0.4 is 0 Å². The minimum absolute atomic E-state index is 0.230. The Morgan fingerprint density at radius 3 is 2.59 bits per heavy atom. The summed E-state index contributed by atoms with van der Waals surface area (Å²) in [5, 5.41) is 0. The van der Waals surface area contributed by atoms with Gasteiger partial charge in [-0.1, -0.05) is 22.5 Å². The summed E-state index contributed by atoms with van der Waals surface area (Å²) in [7, 11) is 0. The summed E-state index contributed by atoms with van der Waals surface area (Å²) >= 11 is 7.35. The summed E-state index contributed by atoms with van der Waals surface area (Å²) in [6, 6.07) is 5.07. The van der Waals surface area contributed by atoms with E-state index in [4.69, 9.17) is 0 Å². The third kappa shape index (κ3) is 2.17. The lowest BCUT2D eigenvalue weighted by molar-refractivity contribution is 0.0668. The van der Waals surface area contributed by atoms with Gasteiger partial charge < -0.3 is 0 Å². The van der Waals surface area contributed by atoms with Gasteiger partial charge in [-0.15, -0.1) is 0 Å². The van der Waals surface area contributed by atoms with E-state index >= 15 is 0 Å². The third-order valence-electron chi connectivity index (χ3n) is 2.54. The Hall–Kier alpha value is -1.07. The van der Waals surface area contributed by atoms with Crippen LogP contribution in [0.1, 0.15) is 20.7 Å². The number of hydrogen-bond donors (Lipinski definition) is 1. The zero-order valence-corrected chi connectivity index (χ0v) is 11.4. The lowest BCUT2D eigenvalue weighted by Crippen LogP contribution is -2.31. The van der Waals surface area contributed by atoms with E-state index in [0.29, 0.717) is 16.9 Å². The normalized spacial score (nSPS) is 14.1. The summed E-state index contributed by atoms with van der Waals surface area (Å²) in [6.45, 7) is 3.98. The van der Waals surface area contributed by atoms with E-state index in [1.54, 1.807) is 18.2 Å². The van der Waals surface area contributed by atoms with E-state index < -0.39 is 0 Å². The van der Waals surface area contributed by atoms with Crippen LogP contribution in [0.15, 0.2) is 34.8 Å². The summed E-state index contributed by atoms with van der Waals surface area (Å²) in [4.78, 5) is 25.2. The molecule has 0 aromatic heterocycles. The molecule has 0 spiro atoms. The number of amides is 2. The van der Waals surface area contributed by atoms with Crippen LogP contribution in [-0.2, 0) is 0 Å². The zero-order valence-electron chi connectivity index (χ0n) is 8.94. The molecule has 1 aromatic carbocycles. The molecule has 0 radical (unpaired) electrons. The van der Waals surface area contributed by atoms with E-state index in [-0.39, 0.29) is 18.4 Å². The summed E-state index contributed by atoms with van der Waals surface area (Å²) in [6.07, 6.45) is 0. The molecule has 1 aromatic rings. The molecule has 0 atom stereocenters. The fourth-order valence-corrected chi connectivity index (χ4v) is 2.14. The van der Waals surface area contributed by atoms with Crippen molar-refractivity contribution in [2.24, 2.45) is 0 Å². The van der Waals surface area contributed by atoms with Crippen LogP contribution in [0.5, 0.6) is 0 Å². The van der Waals surface area contributed by atoms with Crippen molar-refractivity contribution >= 4 is 40.4 Å². The van der Waals surface area contributed by atoms with Gasteiger partial charge in [0.2, 0.25) is 0 Å². The molecule has 5 heteroatoms.